The van der Waals surface area contributed by atoms with Gasteiger partial charge in [-0.15, -0.1) is 0 Å². The third kappa shape index (κ3) is 47.5. The standard InChI is InChI=1S/C31H88O14Si15.C13H30O3Si3.3C2H6/c1-31-30-49(2)36-58(41-50(3)32-31)27-21-14-12-18-24-46-33-48-35-57(26-20-15-17-23-29-60(11)44-55(8)39-52(5)40-56(9)45-60)34-47-25-19-13-16-22-28-59(10)42-53(6)37-51(4)38-54(7)43-59;1-6-7-8-9-12(2)10-19-14-13(3)11-17(4)15-18(5)16-19;3*1-2/h31,49-58H,12-30,46-48H2,1-11H3;13,17-19H,2,6-11H2,1,3-5H3;3*1-2H3. The topological polar surface area (TPSA) is 157 Å². The lowest BCUT2D eigenvalue weighted by molar-refractivity contribution is 0.185. The summed E-state index contributed by atoms with van der Waals surface area (Å²) in [6, 6.07) is 9.94. The molecule has 4 heterocycles. The van der Waals surface area contributed by atoms with E-state index in [1.807, 2.05) is 41.5 Å². The fourth-order valence-electron chi connectivity index (χ4n) is 10.9. The summed E-state index contributed by atoms with van der Waals surface area (Å²) in [6.07, 6.45) is 20.1. The van der Waals surface area contributed by atoms with Crippen molar-refractivity contribution in [1.29, 1.82) is 0 Å². The highest BCUT2D eigenvalue weighted by Gasteiger charge is 2.40. The Kier molecular flexibility index (Phi) is 57.1. The molecule has 0 saturated carbocycles. The molecule has 4 saturated heterocycles. The van der Waals surface area contributed by atoms with Crippen LogP contribution in [0.3, 0.4) is 0 Å². The number of hydrogen-bond donors (Lipinski definition) is 0. The maximum Gasteiger partial charge on any atom is 0.316 e. The van der Waals surface area contributed by atoms with Crippen LogP contribution >= 0.6 is 0 Å². The zero-order chi connectivity index (χ0) is 64.1. The van der Waals surface area contributed by atoms with E-state index < -0.39 is 167 Å². The van der Waals surface area contributed by atoms with Crippen LogP contribution in [0.25, 0.3) is 0 Å². The molecule has 13 unspecified atom stereocenters. The van der Waals surface area contributed by atoms with Crippen molar-refractivity contribution in [2.45, 2.75) is 310 Å². The average molecular weight is 1520 g/mol. The van der Waals surface area contributed by atoms with Crippen molar-refractivity contribution in [2.24, 2.45) is 0 Å². The van der Waals surface area contributed by atoms with E-state index in [-0.39, 0.29) is 0 Å². The van der Waals surface area contributed by atoms with Crippen molar-refractivity contribution in [2.75, 3.05) is 0 Å². The van der Waals surface area contributed by atoms with Crippen molar-refractivity contribution in [3.05, 3.63) is 12.2 Å². The van der Waals surface area contributed by atoms with E-state index in [9.17, 15) is 0 Å². The van der Waals surface area contributed by atoms with Gasteiger partial charge in [-0.1, -0.05) is 151 Å². The minimum absolute atomic E-state index is 0.306. The fourth-order valence-corrected chi connectivity index (χ4v) is 67.6. The van der Waals surface area contributed by atoms with Crippen LogP contribution in [0.4, 0.5) is 0 Å². The number of allylic oxidation sites excluding steroid dienone is 1. The lowest BCUT2D eigenvalue weighted by Crippen LogP contribution is -2.52. The van der Waals surface area contributed by atoms with Crippen LogP contribution in [0.2, 0.25) is 133 Å². The SMILES string of the molecule is C=C(CCCCC)C[SiH]1OC(C)C[SiH](C)O[SiH](C)O1.CC.CC.CC.CC1C[SiH](C)O[SiH](CCCCCC[SiH2]O[SiH2]O[SiH](CCCCCC[Si]2(C)O[SiH](C)O[SiH](C)O[SiH](C)O2)O[SiH2]CCCCCC[Si]2(C)O[SiH](C)O[SiH](C)O[SiH](C)O2)O[SiH](C)O1. The molecule has 0 bridgehead atoms. The van der Waals surface area contributed by atoms with Gasteiger partial charge in [-0.2, -0.15) is 0 Å². The number of hydrogen-bond acceptors (Lipinski definition) is 17. The van der Waals surface area contributed by atoms with Gasteiger partial charge in [0.05, 0.1) is 0 Å². The predicted molar refractivity (Wildman–Crippen MR) is 404 cm³/mol. The highest BCUT2D eigenvalue weighted by molar-refractivity contribution is 6.82. The van der Waals surface area contributed by atoms with Gasteiger partial charge < -0.3 is 70.6 Å². The van der Waals surface area contributed by atoms with Gasteiger partial charge >= 0.3 is 54.3 Å². The van der Waals surface area contributed by atoms with Crippen molar-refractivity contribution in [3.63, 3.8) is 0 Å². The van der Waals surface area contributed by atoms with Crippen LogP contribution in [-0.2, 0) is 70.6 Å². The van der Waals surface area contributed by atoms with Crippen molar-refractivity contribution < 1.29 is 70.6 Å². The summed E-state index contributed by atoms with van der Waals surface area (Å²) in [6.45, 7) is 48.7. The largest absolute Gasteiger partial charge is 0.446 e. The lowest BCUT2D eigenvalue weighted by Gasteiger charge is -2.37. The zero-order valence-electron chi connectivity index (χ0n) is 58.6. The second-order valence-electron chi connectivity index (χ2n) is 23.1. The third-order valence-corrected chi connectivity index (χ3v) is 69.2. The van der Waals surface area contributed by atoms with Crippen LogP contribution in [0.15, 0.2) is 12.2 Å². The Balaban J connectivity index is 0.00000236. The predicted octanol–water partition coefficient (Wildman–Crippen LogP) is 9.30. The molecule has 0 spiro atoms. The maximum atomic E-state index is 6.66. The van der Waals surface area contributed by atoms with Crippen molar-refractivity contribution in [1.82, 2.24) is 0 Å². The van der Waals surface area contributed by atoms with E-state index in [0.29, 0.717) is 12.2 Å². The fraction of sp³-hybridized carbons (Fsp3) is 0.960. The summed E-state index contributed by atoms with van der Waals surface area (Å²) in [4.78, 5) is 0. The molecule has 0 N–H and O–H groups in total. The van der Waals surface area contributed by atoms with Gasteiger partial charge in [0.2, 0.25) is 0 Å². The molecule has 0 amide bonds. The molecule has 4 rings (SSSR count). The Labute approximate surface area is 555 Å². The van der Waals surface area contributed by atoms with Crippen molar-refractivity contribution >= 4 is 167 Å². The molecule has 85 heavy (non-hydrogen) atoms. The quantitative estimate of drug-likeness (QED) is 0.0348. The first-order valence-electron chi connectivity index (χ1n) is 34.4. The van der Waals surface area contributed by atoms with Crippen molar-refractivity contribution in [3.8, 4) is 0 Å². The molecule has 4 aliphatic heterocycles. The molecular weight excluding hydrogens is 1380 g/mol. The van der Waals surface area contributed by atoms with Gasteiger partial charge in [-0.05, 0) is 154 Å². The Morgan fingerprint density at radius 2 is 0.929 bits per heavy atom. The average Bonchev–Trinajstić information content (AvgIpc) is 3.47. The van der Waals surface area contributed by atoms with E-state index in [1.54, 1.807) is 0 Å². The number of unbranched alkanes of at least 4 members (excludes halogenated alkanes) is 11. The summed E-state index contributed by atoms with van der Waals surface area (Å²) < 4.78 is 107. The van der Waals surface area contributed by atoms with Crippen LogP contribution in [0, 0.1) is 0 Å². The first-order valence-corrected chi connectivity index (χ1v) is 70.7. The molecule has 35 heteroatoms. The lowest BCUT2D eigenvalue weighted by atomic mass is 10.1. The summed E-state index contributed by atoms with van der Waals surface area (Å²) in [5.74, 6) is 0. The van der Waals surface area contributed by atoms with Gasteiger partial charge in [-0.25, -0.2) is 0 Å². The van der Waals surface area contributed by atoms with E-state index in [2.05, 4.69) is 106 Å². The maximum absolute atomic E-state index is 6.66. The molecular formula is C50H136O17Si18. The first-order chi connectivity index (χ1) is 40.6. The first kappa shape index (κ1) is 88.0. The Bertz CT molecular complexity index is 1510. The van der Waals surface area contributed by atoms with Gasteiger partial charge in [0.1, 0.15) is 19.5 Å². The molecule has 4 aliphatic rings. The molecule has 0 radical (unpaired) electrons. The minimum Gasteiger partial charge on any atom is -0.446 e. The zero-order valence-corrected chi connectivity index (χ0v) is 79.9. The summed E-state index contributed by atoms with van der Waals surface area (Å²) in [5, 5.41) is 0. The van der Waals surface area contributed by atoms with E-state index in [4.69, 9.17) is 70.6 Å². The molecule has 0 aliphatic carbocycles. The Morgan fingerprint density at radius 3 is 1.46 bits per heavy atom. The second kappa shape index (κ2) is 55.1. The highest BCUT2D eigenvalue weighted by atomic mass is 28.5. The van der Waals surface area contributed by atoms with Crippen LogP contribution in [0.5, 0.6) is 0 Å². The summed E-state index contributed by atoms with van der Waals surface area (Å²) in [7, 11) is -26.5. The van der Waals surface area contributed by atoms with Gasteiger partial charge in [0.15, 0.2) is 18.1 Å². The molecule has 0 aromatic heterocycles. The van der Waals surface area contributed by atoms with Crippen LogP contribution in [0.1, 0.15) is 165 Å². The molecule has 4 fully saturated rings. The van der Waals surface area contributed by atoms with Gasteiger partial charge in [0, 0.05) is 18.3 Å². The third-order valence-electron chi connectivity index (χ3n) is 14.4. The van der Waals surface area contributed by atoms with E-state index >= 15 is 0 Å². The Morgan fingerprint density at radius 1 is 0.482 bits per heavy atom. The number of rotatable bonds is 33. The van der Waals surface area contributed by atoms with Gasteiger partial charge in [0.25, 0.3) is 75.0 Å². The second-order valence-corrected chi connectivity index (χ2v) is 65.9. The van der Waals surface area contributed by atoms with Crippen LogP contribution < -0.4 is 0 Å². The van der Waals surface area contributed by atoms with E-state index in [0.717, 1.165) is 61.6 Å². The minimum atomic E-state index is -2.24. The molecule has 17 nitrogen and oxygen atoms in total. The van der Waals surface area contributed by atoms with Gasteiger partial charge in [-0.3, -0.25) is 0 Å². The molecule has 0 aromatic carbocycles. The molecule has 13 atom stereocenters. The monoisotopic (exact) mass is 1510 g/mol. The summed E-state index contributed by atoms with van der Waals surface area (Å²) in [5.41, 5.74) is 1.31. The molecule has 0 aromatic rings. The Hall–Kier alpha value is 2.96. The van der Waals surface area contributed by atoms with E-state index in [1.165, 1.54) is 101 Å². The normalized spacial score (nSPS) is 33.0. The summed E-state index contributed by atoms with van der Waals surface area (Å²) >= 11 is 0. The highest BCUT2D eigenvalue weighted by Crippen LogP contribution is 2.27. The van der Waals surface area contributed by atoms with Crippen LogP contribution in [-0.4, -0.2) is 179 Å². The molecule has 510 valence electrons. The smallest absolute Gasteiger partial charge is 0.316 e.